The quantitative estimate of drug-likeness (QED) is 0.893. The molecule has 2 aromatic rings. The molecule has 0 saturated carbocycles. The number of rotatable bonds is 4. The van der Waals surface area contributed by atoms with Crippen molar-refractivity contribution in [3.05, 3.63) is 44.4 Å². The molecule has 1 N–H and O–H groups in total. The normalized spacial score (nSPS) is 10.5. The number of ether oxygens (including phenoxy) is 1. The molecule has 2 aromatic heterocycles. The van der Waals surface area contributed by atoms with Gasteiger partial charge in [0.05, 0.1) is 0 Å². The number of aromatic nitrogens is 1. The minimum atomic E-state index is -0.312. The van der Waals surface area contributed by atoms with Crippen molar-refractivity contribution >= 4 is 11.3 Å². The van der Waals surface area contributed by atoms with Crippen LogP contribution in [0.4, 0.5) is 0 Å². The highest BCUT2D eigenvalue weighted by Crippen LogP contribution is 2.12. The summed E-state index contributed by atoms with van der Waals surface area (Å²) in [5, 5.41) is 11.5. The summed E-state index contributed by atoms with van der Waals surface area (Å²) in [5.41, 5.74) is 0.616. The van der Waals surface area contributed by atoms with Gasteiger partial charge in [0.1, 0.15) is 30.2 Å². The van der Waals surface area contributed by atoms with E-state index in [1.165, 1.54) is 23.7 Å². The van der Waals surface area contributed by atoms with Gasteiger partial charge >= 0.3 is 0 Å². The number of aliphatic hydroxyl groups excluding tert-OH is 1. The maximum absolute atomic E-state index is 11.5. The van der Waals surface area contributed by atoms with Crippen molar-refractivity contribution in [2.45, 2.75) is 20.1 Å². The standard InChI is InChI=1S/C11H11NO4S/c1-7-6-17-11(12-7)5-16-10-4-15-8(3-13)2-9(10)14/h2,4,6,13H,3,5H2,1H3. The lowest BCUT2D eigenvalue weighted by molar-refractivity contribution is 0.236. The molecule has 0 radical (unpaired) electrons. The molecule has 2 heterocycles. The van der Waals surface area contributed by atoms with Gasteiger partial charge in [-0.2, -0.15) is 0 Å². The van der Waals surface area contributed by atoms with Crippen LogP contribution in [0.25, 0.3) is 0 Å². The number of aliphatic hydroxyl groups is 1. The van der Waals surface area contributed by atoms with Crippen LogP contribution in [0.1, 0.15) is 16.5 Å². The summed E-state index contributed by atoms with van der Waals surface area (Å²) in [7, 11) is 0. The molecule has 0 aromatic carbocycles. The molecule has 6 heteroatoms. The van der Waals surface area contributed by atoms with E-state index in [4.69, 9.17) is 14.3 Å². The molecule has 0 amide bonds. The molecule has 5 nitrogen and oxygen atoms in total. The zero-order valence-corrected chi connectivity index (χ0v) is 9.99. The summed E-state index contributed by atoms with van der Waals surface area (Å²) in [6.07, 6.45) is 1.20. The van der Waals surface area contributed by atoms with Gasteiger partial charge in [-0.15, -0.1) is 11.3 Å². The van der Waals surface area contributed by atoms with E-state index in [2.05, 4.69) is 4.98 Å². The number of aryl methyl sites for hydroxylation is 1. The molecule has 2 rings (SSSR count). The Kier molecular flexibility index (Phi) is 3.55. The second-order valence-electron chi connectivity index (χ2n) is 3.40. The van der Waals surface area contributed by atoms with Crippen LogP contribution in [-0.4, -0.2) is 10.1 Å². The first kappa shape index (κ1) is 11.8. The molecule has 90 valence electrons. The van der Waals surface area contributed by atoms with Crippen LogP contribution < -0.4 is 10.2 Å². The van der Waals surface area contributed by atoms with Crippen LogP contribution in [-0.2, 0) is 13.2 Å². The molecule has 0 bridgehead atoms. The van der Waals surface area contributed by atoms with E-state index in [1.54, 1.807) is 0 Å². The summed E-state index contributed by atoms with van der Waals surface area (Å²) in [6.45, 7) is 1.83. The third-order valence-corrected chi connectivity index (χ3v) is 2.97. The Hall–Kier alpha value is -1.66. The van der Waals surface area contributed by atoms with Crippen molar-refractivity contribution in [3.63, 3.8) is 0 Å². The van der Waals surface area contributed by atoms with Crippen LogP contribution in [0.15, 0.2) is 26.9 Å². The Labute approximate surface area is 101 Å². The van der Waals surface area contributed by atoms with Gasteiger partial charge in [0, 0.05) is 17.1 Å². The van der Waals surface area contributed by atoms with Gasteiger partial charge in [-0.1, -0.05) is 0 Å². The third-order valence-electron chi connectivity index (χ3n) is 2.03. The van der Waals surface area contributed by atoms with Crippen LogP contribution >= 0.6 is 11.3 Å². The summed E-state index contributed by atoms with van der Waals surface area (Å²) in [5.74, 6) is 0.336. The molecule has 0 saturated heterocycles. The van der Waals surface area contributed by atoms with Crippen LogP contribution in [0.5, 0.6) is 5.75 Å². The first-order chi connectivity index (χ1) is 8.19. The highest BCUT2D eigenvalue weighted by molar-refractivity contribution is 7.09. The molecule has 0 aliphatic carbocycles. The highest BCUT2D eigenvalue weighted by Gasteiger charge is 2.06. The predicted molar refractivity (Wildman–Crippen MR) is 62.1 cm³/mol. The van der Waals surface area contributed by atoms with Crippen LogP contribution in [0.3, 0.4) is 0 Å². The Morgan fingerprint density at radius 1 is 1.59 bits per heavy atom. The SMILES string of the molecule is Cc1csc(COc2coc(CO)cc2=O)n1. The van der Waals surface area contributed by atoms with Crippen molar-refractivity contribution in [2.24, 2.45) is 0 Å². The number of hydrogen-bond donors (Lipinski definition) is 1. The van der Waals surface area contributed by atoms with Crippen molar-refractivity contribution < 1.29 is 14.3 Å². The van der Waals surface area contributed by atoms with E-state index >= 15 is 0 Å². The molecule has 0 fully saturated rings. The summed E-state index contributed by atoms with van der Waals surface area (Å²) in [6, 6.07) is 1.21. The van der Waals surface area contributed by atoms with E-state index in [-0.39, 0.29) is 30.2 Å². The van der Waals surface area contributed by atoms with Crippen LogP contribution in [0, 0.1) is 6.92 Å². The van der Waals surface area contributed by atoms with E-state index in [1.807, 2.05) is 12.3 Å². The van der Waals surface area contributed by atoms with Crippen molar-refractivity contribution in [2.75, 3.05) is 0 Å². The molecule has 0 atom stereocenters. The molecular formula is C11H11NO4S. The molecule has 0 unspecified atom stereocenters. The lowest BCUT2D eigenvalue weighted by Crippen LogP contribution is -2.07. The molecule has 0 aliphatic heterocycles. The van der Waals surface area contributed by atoms with Crippen molar-refractivity contribution in [1.82, 2.24) is 4.98 Å². The number of thiazole rings is 1. The van der Waals surface area contributed by atoms with Gasteiger partial charge in [-0.05, 0) is 6.92 Å². The molecule has 0 aliphatic rings. The fourth-order valence-corrected chi connectivity index (χ4v) is 1.92. The zero-order chi connectivity index (χ0) is 12.3. The van der Waals surface area contributed by atoms with Gasteiger partial charge in [0.25, 0.3) is 0 Å². The predicted octanol–water partition coefficient (Wildman–Crippen LogP) is 1.48. The van der Waals surface area contributed by atoms with Gasteiger partial charge in [0.15, 0.2) is 0 Å². The number of hydrogen-bond acceptors (Lipinski definition) is 6. The smallest absolute Gasteiger partial charge is 0.227 e. The maximum atomic E-state index is 11.5. The lowest BCUT2D eigenvalue weighted by Gasteiger charge is -2.02. The maximum Gasteiger partial charge on any atom is 0.227 e. The van der Waals surface area contributed by atoms with E-state index in [9.17, 15) is 4.79 Å². The van der Waals surface area contributed by atoms with Gasteiger partial charge in [-0.25, -0.2) is 4.98 Å². The first-order valence-corrected chi connectivity index (χ1v) is 5.83. The first-order valence-electron chi connectivity index (χ1n) is 4.95. The second-order valence-corrected chi connectivity index (χ2v) is 4.35. The largest absolute Gasteiger partial charge is 0.479 e. The molecule has 17 heavy (non-hydrogen) atoms. The second kappa shape index (κ2) is 5.11. The summed E-state index contributed by atoms with van der Waals surface area (Å²) >= 11 is 1.47. The van der Waals surface area contributed by atoms with Crippen molar-refractivity contribution in [3.8, 4) is 5.75 Å². The zero-order valence-electron chi connectivity index (χ0n) is 9.17. The van der Waals surface area contributed by atoms with Crippen LogP contribution in [0.2, 0.25) is 0 Å². The summed E-state index contributed by atoms with van der Waals surface area (Å²) in [4.78, 5) is 15.7. The van der Waals surface area contributed by atoms with Gasteiger partial charge in [0.2, 0.25) is 11.2 Å². The van der Waals surface area contributed by atoms with E-state index in [0.717, 1.165) is 10.7 Å². The minimum absolute atomic E-state index is 0.120. The average molecular weight is 253 g/mol. The lowest BCUT2D eigenvalue weighted by atomic mass is 10.4. The monoisotopic (exact) mass is 253 g/mol. The topological polar surface area (TPSA) is 72.6 Å². The van der Waals surface area contributed by atoms with Gasteiger partial charge < -0.3 is 14.3 Å². The van der Waals surface area contributed by atoms with E-state index < -0.39 is 0 Å². The van der Waals surface area contributed by atoms with Crippen molar-refractivity contribution in [1.29, 1.82) is 0 Å². The highest BCUT2D eigenvalue weighted by atomic mass is 32.1. The Balaban J connectivity index is 2.06. The number of nitrogens with zero attached hydrogens (tertiary/aromatic N) is 1. The molecule has 0 spiro atoms. The Morgan fingerprint density at radius 2 is 2.41 bits per heavy atom. The average Bonchev–Trinajstić information content (AvgIpc) is 2.73. The molecular weight excluding hydrogens is 242 g/mol. The fourth-order valence-electron chi connectivity index (χ4n) is 1.24. The Morgan fingerprint density at radius 3 is 3.00 bits per heavy atom. The summed E-state index contributed by atoms with van der Waals surface area (Å²) < 4.78 is 10.3. The van der Waals surface area contributed by atoms with E-state index in [0.29, 0.717) is 0 Å². The van der Waals surface area contributed by atoms with Gasteiger partial charge in [-0.3, -0.25) is 4.79 Å². The Bertz CT molecular complexity index is 561. The third kappa shape index (κ3) is 2.92. The fraction of sp³-hybridized carbons (Fsp3) is 0.273. The minimum Gasteiger partial charge on any atom is -0.479 e.